The van der Waals surface area contributed by atoms with E-state index in [0.717, 1.165) is 11.0 Å². The third-order valence-corrected chi connectivity index (χ3v) is 4.34. The Labute approximate surface area is 129 Å². The summed E-state index contributed by atoms with van der Waals surface area (Å²) in [6.45, 7) is 0. The van der Waals surface area contributed by atoms with Crippen molar-refractivity contribution in [2.75, 3.05) is 0 Å². The van der Waals surface area contributed by atoms with Gasteiger partial charge < -0.3 is 17.2 Å². The van der Waals surface area contributed by atoms with Gasteiger partial charge in [-0.3, -0.25) is 34.4 Å². The van der Waals surface area contributed by atoms with Gasteiger partial charge in [-0.2, -0.15) is 0 Å². The van der Waals surface area contributed by atoms with E-state index in [9.17, 15) is 24.0 Å². The Bertz CT molecular complexity index is 545. The molecule has 1 unspecified atom stereocenters. The van der Waals surface area contributed by atoms with Gasteiger partial charge in [0.05, 0.1) is 5.92 Å². The standard InChI is InChI=1S/C11H17N5O7/c12-5(17)4-2-1-3-10(8(20)15-22,9(21)16-23)11(4,6(13)18)7(14)19/h4,22-23H,1-3H2,(H2,12,17)(H2,13,18)(H2,14,19)(H,15,20)(H,16,21). The van der Waals surface area contributed by atoms with Gasteiger partial charge >= 0.3 is 0 Å². The third-order valence-electron chi connectivity index (χ3n) is 4.34. The van der Waals surface area contributed by atoms with Crippen molar-refractivity contribution in [1.82, 2.24) is 11.0 Å². The molecule has 1 aliphatic carbocycles. The van der Waals surface area contributed by atoms with Crippen LogP contribution in [0.3, 0.4) is 0 Å². The summed E-state index contributed by atoms with van der Waals surface area (Å²) < 4.78 is 0. The average molecular weight is 331 g/mol. The summed E-state index contributed by atoms with van der Waals surface area (Å²) in [6, 6.07) is 0. The van der Waals surface area contributed by atoms with Gasteiger partial charge in [0.2, 0.25) is 17.7 Å². The van der Waals surface area contributed by atoms with Gasteiger partial charge in [-0.25, -0.2) is 11.0 Å². The Kier molecular flexibility index (Phi) is 4.92. The molecule has 5 amide bonds. The summed E-state index contributed by atoms with van der Waals surface area (Å²) in [7, 11) is 0. The minimum Gasteiger partial charge on any atom is -0.369 e. The van der Waals surface area contributed by atoms with Crippen LogP contribution < -0.4 is 28.2 Å². The Morgan fingerprint density at radius 1 is 0.913 bits per heavy atom. The second-order valence-electron chi connectivity index (χ2n) is 5.17. The Balaban J connectivity index is 3.91. The lowest BCUT2D eigenvalue weighted by Gasteiger charge is -2.49. The Hall–Kier alpha value is -2.73. The summed E-state index contributed by atoms with van der Waals surface area (Å²) >= 11 is 0. The minimum absolute atomic E-state index is 0.0171. The molecule has 0 bridgehead atoms. The molecule has 1 saturated carbocycles. The minimum atomic E-state index is -2.86. The summed E-state index contributed by atoms with van der Waals surface area (Å²) in [4.78, 5) is 60.2. The van der Waals surface area contributed by atoms with Crippen LogP contribution in [0.2, 0.25) is 0 Å². The van der Waals surface area contributed by atoms with Crippen molar-refractivity contribution in [3.05, 3.63) is 0 Å². The molecule has 0 aromatic carbocycles. The molecule has 1 fully saturated rings. The van der Waals surface area contributed by atoms with E-state index in [2.05, 4.69) is 0 Å². The predicted molar refractivity (Wildman–Crippen MR) is 69.6 cm³/mol. The first-order valence-electron chi connectivity index (χ1n) is 6.42. The number of amides is 5. The zero-order chi connectivity index (χ0) is 18.0. The Morgan fingerprint density at radius 3 is 1.65 bits per heavy atom. The lowest BCUT2D eigenvalue weighted by atomic mass is 9.49. The van der Waals surface area contributed by atoms with Crippen molar-refractivity contribution in [3.63, 3.8) is 0 Å². The highest BCUT2D eigenvalue weighted by atomic mass is 16.5. The van der Waals surface area contributed by atoms with E-state index in [-0.39, 0.29) is 12.8 Å². The average Bonchev–Trinajstić information content (AvgIpc) is 2.51. The highest BCUT2D eigenvalue weighted by Crippen LogP contribution is 2.54. The van der Waals surface area contributed by atoms with Crippen LogP contribution in [0.5, 0.6) is 0 Å². The van der Waals surface area contributed by atoms with Gasteiger partial charge in [0, 0.05) is 0 Å². The molecule has 0 heterocycles. The van der Waals surface area contributed by atoms with Gasteiger partial charge in [0.25, 0.3) is 11.8 Å². The van der Waals surface area contributed by atoms with Crippen molar-refractivity contribution in [1.29, 1.82) is 0 Å². The number of primary amides is 3. The maximum absolute atomic E-state index is 12.2. The molecule has 0 spiro atoms. The molecule has 128 valence electrons. The molecular weight excluding hydrogens is 314 g/mol. The van der Waals surface area contributed by atoms with Crippen molar-refractivity contribution >= 4 is 29.5 Å². The number of hydrogen-bond donors (Lipinski definition) is 7. The molecule has 1 atom stereocenters. The zero-order valence-corrected chi connectivity index (χ0v) is 11.9. The van der Waals surface area contributed by atoms with Crippen LogP contribution >= 0.6 is 0 Å². The summed E-state index contributed by atoms with van der Waals surface area (Å²) in [5.74, 6) is -9.05. The van der Waals surface area contributed by atoms with E-state index in [0.29, 0.717) is 0 Å². The molecule has 12 nitrogen and oxygen atoms in total. The van der Waals surface area contributed by atoms with Gasteiger partial charge in [0.15, 0.2) is 10.8 Å². The van der Waals surface area contributed by atoms with E-state index in [1.54, 1.807) is 0 Å². The molecule has 1 rings (SSSR count). The monoisotopic (exact) mass is 331 g/mol. The lowest BCUT2D eigenvalue weighted by Crippen LogP contribution is -2.73. The number of nitrogens with two attached hydrogens (primary N) is 3. The van der Waals surface area contributed by atoms with Crippen molar-refractivity contribution in [2.45, 2.75) is 19.3 Å². The lowest BCUT2D eigenvalue weighted by molar-refractivity contribution is -0.184. The highest BCUT2D eigenvalue weighted by Gasteiger charge is 2.73. The largest absolute Gasteiger partial charge is 0.369 e. The number of rotatable bonds is 5. The highest BCUT2D eigenvalue weighted by molar-refractivity contribution is 6.20. The van der Waals surface area contributed by atoms with Crippen LogP contribution in [0.25, 0.3) is 0 Å². The molecule has 1 aliphatic rings. The molecule has 0 aromatic rings. The van der Waals surface area contributed by atoms with Gasteiger partial charge in [0.1, 0.15) is 0 Å². The second-order valence-corrected chi connectivity index (χ2v) is 5.17. The molecule has 23 heavy (non-hydrogen) atoms. The molecule has 0 aliphatic heterocycles. The SMILES string of the molecule is NC(=O)C1CCCC(C(=O)NO)(C(=O)NO)C1(C(N)=O)C(N)=O. The van der Waals surface area contributed by atoms with E-state index < -0.39 is 52.7 Å². The molecule has 0 aromatic heterocycles. The van der Waals surface area contributed by atoms with Crippen LogP contribution in [0, 0.1) is 16.7 Å². The number of hydroxylamine groups is 2. The summed E-state index contributed by atoms with van der Waals surface area (Å²) in [5, 5.41) is 17.9. The normalized spacial score (nSPS) is 21.7. The van der Waals surface area contributed by atoms with E-state index in [1.807, 2.05) is 0 Å². The number of nitrogens with one attached hydrogen (secondary N) is 2. The van der Waals surface area contributed by atoms with Crippen LogP contribution in [-0.4, -0.2) is 40.0 Å². The predicted octanol–water partition coefficient (Wildman–Crippen LogP) is -3.77. The first-order chi connectivity index (χ1) is 10.6. The molecular formula is C11H17N5O7. The molecule has 12 heteroatoms. The fourth-order valence-electron chi connectivity index (χ4n) is 3.40. The van der Waals surface area contributed by atoms with E-state index in [1.165, 1.54) is 0 Å². The quantitative estimate of drug-likeness (QED) is 0.151. The van der Waals surface area contributed by atoms with Crippen LogP contribution in [0.1, 0.15) is 19.3 Å². The van der Waals surface area contributed by atoms with Gasteiger partial charge in [-0.1, -0.05) is 6.42 Å². The van der Waals surface area contributed by atoms with Gasteiger partial charge in [-0.05, 0) is 12.8 Å². The number of carbonyl (C=O) groups is 5. The van der Waals surface area contributed by atoms with Crippen LogP contribution in [0.4, 0.5) is 0 Å². The van der Waals surface area contributed by atoms with Crippen LogP contribution in [-0.2, 0) is 24.0 Å². The maximum atomic E-state index is 12.2. The fraction of sp³-hybridized carbons (Fsp3) is 0.545. The molecule has 0 radical (unpaired) electrons. The second kappa shape index (κ2) is 6.18. The Morgan fingerprint density at radius 2 is 1.35 bits per heavy atom. The smallest absolute Gasteiger partial charge is 0.260 e. The number of hydrogen-bond acceptors (Lipinski definition) is 7. The van der Waals surface area contributed by atoms with Gasteiger partial charge in [-0.15, -0.1) is 0 Å². The fourth-order valence-corrected chi connectivity index (χ4v) is 3.40. The molecule has 10 N–H and O–H groups in total. The summed E-state index contributed by atoms with van der Waals surface area (Å²) in [6.07, 6.45) is -0.668. The first-order valence-corrected chi connectivity index (χ1v) is 6.42. The summed E-state index contributed by atoms with van der Waals surface area (Å²) in [5.41, 5.74) is 12.3. The first kappa shape index (κ1) is 18.3. The van der Waals surface area contributed by atoms with Crippen molar-refractivity contribution in [2.24, 2.45) is 33.9 Å². The maximum Gasteiger partial charge on any atom is 0.260 e. The van der Waals surface area contributed by atoms with Crippen molar-refractivity contribution < 1.29 is 34.4 Å². The zero-order valence-electron chi connectivity index (χ0n) is 11.9. The molecule has 0 saturated heterocycles. The van der Waals surface area contributed by atoms with E-state index >= 15 is 0 Å². The van der Waals surface area contributed by atoms with Crippen molar-refractivity contribution in [3.8, 4) is 0 Å². The van der Waals surface area contributed by atoms with E-state index in [4.69, 9.17) is 27.6 Å². The number of carbonyl (C=O) groups excluding carboxylic acids is 5. The third kappa shape index (κ3) is 2.19. The van der Waals surface area contributed by atoms with Crippen LogP contribution in [0.15, 0.2) is 0 Å². The topological polar surface area (TPSA) is 228 Å².